The second kappa shape index (κ2) is 17.8. The van der Waals surface area contributed by atoms with Gasteiger partial charge in [-0.15, -0.1) is 0 Å². The number of nitrogens with one attached hydrogen (secondary N) is 3. The molecule has 0 saturated carbocycles. The first kappa shape index (κ1) is 39.4. The molecule has 3 N–H and O–H groups in total. The summed E-state index contributed by atoms with van der Waals surface area (Å²) in [4.78, 5) is 11.6. The Balaban J connectivity index is 0.000000892. The van der Waals surface area contributed by atoms with Gasteiger partial charge >= 0.3 is 0 Å². The number of aromatic nitrogens is 3. The molecule has 3 aromatic heterocycles. The highest BCUT2D eigenvalue weighted by Crippen LogP contribution is 2.45. The van der Waals surface area contributed by atoms with Gasteiger partial charge in [-0.1, -0.05) is 153 Å². The van der Waals surface area contributed by atoms with Crippen molar-refractivity contribution in [3.63, 3.8) is 0 Å². The van der Waals surface area contributed by atoms with Gasteiger partial charge in [-0.25, -0.2) is 0 Å². The molecule has 8 rings (SSSR count). The van der Waals surface area contributed by atoms with E-state index >= 15 is 0 Å². The molecule has 0 aliphatic carbocycles. The van der Waals surface area contributed by atoms with E-state index in [1.165, 1.54) is 54.6 Å². The minimum Gasteiger partial charge on any atom is -0.354 e. The van der Waals surface area contributed by atoms with Crippen molar-refractivity contribution in [3.05, 3.63) is 145 Å². The van der Waals surface area contributed by atoms with E-state index < -0.39 is 0 Å². The van der Waals surface area contributed by atoms with E-state index in [1.54, 1.807) is 0 Å². The van der Waals surface area contributed by atoms with Crippen molar-refractivity contribution in [1.29, 1.82) is 0 Å². The van der Waals surface area contributed by atoms with Gasteiger partial charge in [0.05, 0.1) is 16.6 Å². The minimum absolute atomic E-state index is 0.441. The molecule has 0 amide bonds. The first-order valence-corrected chi connectivity index (χ1v) is 19.8. The van der Waals surface area contributed by atoms with E-state index in [-0.39, 0.29) is 0 Å². The third-order valence-corrected chi connectivity index (χ3v) is 9.47. The monoisotopic (exact) mass is 711 g/mol. The SMILES string of the molecule is C=C/C(=C\C=C/C)c1ccc2[nH]c3c(c2c1)c1[nH]c2ccc(-c4ccccc4)cc2c1c1[nH]c2ccc(C(/C=C\C)=C/C(C)C)cc2c31.CC.CC.CC. The van der Waals surface area contributed by atoms with Crippen LogP contribution in [0, 0.1) is 5.92 Å². The molecule has 0 saturated heterocycles. The Hall–Kier alpha value is -5.80. The maximum absolute atomic E-state index is 4.12. The van der Waals surface area contributed by atoms with Crippen molar-refractivity contribution >= 4 is 76.6 Å². The molecular formula is C51H57N3. The van der Waals surface area contributed by atoms with E-state index in [1.807, 2.05) is 60.6 Å². The van der Waals surface area contributed by atoms with E-state index in [9.17, 15) is 0 Å². The van der Waals surface area contributed by atoms with E-state index in [4.69, 9.17) is 0 Å². The second-order valence-corrected chi connectivity index (χ2v) is 13.0. The molecule has 0 unspecified atom stereocenters. The van der Waals surface area contributed by atoms with Gasteiger partial charge in [-0.3, -0.25) is 0 Å². The summed E-state index contributed by atoms with van der Waals surface area (Å²) in [6.45, 7) is 24.7. The molecule has 8 aromatic rings. The zero-order valence-electron chi connectivity index (χ0n) is 33.9. The normalized spacial score (nSPS) is 12.2. The quantitative estimate of drug-likeness (QED) is 0.138. The zero-order valence-corrected chi connectivity index (χ0v) is 33.9. The van der Waals surface area contributed by atoms with Crippen LogP contribution in [-0.4, -0.2) is 15.0 Å². The summed E-state index contributed by atoms with van der Waals surface area (Å²) in [6, 6.07) is 31.0. The Labute approximate surface area is 321 Å². The number of hydrogen-bond donors (Lipinski definition) is 3. The summed E-state index contributed by atoms with van der Waals surface area (Å²) in [5, 5.41) is 7.26. The number of allylic oxidation sites excluding steroid dienone is 9. The Morgan fingerprint density at radius 3 is 1.50 bits per heavy atom. The summed E-state index contributed by atoms with van der Waals surface area (Å²) in [5.74, 6) is 0.441. The highest BCUT2D eigenvalue weighted by atomic mass is 14.8. The molecule has 0 aliphatic heterocycles. The lowest BCUT2D eigenvalue weighted by atomic mass is 9.97. The van der Waals surface area contributed by atoms with Gasteiger partial charge in [0.2, 0.25) is 0 Å². The van der Waals surface area contributed by atoms with Crippen LogP contribution in [-0.2, 0) is 0 Å². The molecule has 0 atom stereocenters. The largest absolute Gasteiger partial charge is 0.354 e. The average molecular weight is 712 g/mol. The summed E-state index contributed by atoms with van der Waals surface area (Å²) < 4.78 is 0. The van der Waals surface area contributed by atoms with Gasteiger partial charge in [-0.2, -0.15) is 0 Å². The number of rotatable bonds is 7. The number of hydrogen-bond acceptors (Lipinski definition) is 0. The first-order valence-electron chi connectivity index (χ1n) is 19.8. The topological polar surface area (TPSA) is 47.4 Å². The molecule has 0 aliphatic rings. The predicted molar refractivity (Wildman–Crippen MR) is 245 cm³/mol. The molecule has 0 spiro atoms. The molecule has 0 bridgehead atoms. The fourth-order valence-corrected chi connectivity index (χ4v) is 7.36. The van der Waals surface area contributed by atoms with Crippen molar-refractivity contribution in [2.45, 2.75) is 69.2 Å². The van der Waals surface area contributed by atoms with Crippen molar-refractivity contribution in [3.8, 4) is 11.1 Å². The lowest BCUT2D eigenvalue weighted by Gasteiger charge is -2.06. The lowest BCUT2D eigenvalue weighted by molar-refractivity contribution is 0.834. The molecule has 3 heteroatoms. The molecule has 3 heterocycles. The van der Waals surface area contributed by atoms with E-state index in [2.05, 4.69) is 158 Å². The average Bonchev–Trinajstić information content (AvgIpc) is 3.91. The van der Waals surface area contributed by atoms with Gasteiger partial charge in [-0.05, 0) is 89.6 Å². The van der Waals surface area contributed by atoms with Crippen LogP contribution >= 0.6 is 0 Å². The predicted octanol–water partition coefficient (Wildman–Crippen LogP) is 16.1. The highest BCUT2D eigenvalue weighted by Gasteiger charge is 2.22. The molecule has 0 fully saturated rings. The first-order chi connectivity index (χ1) is 26.5. The van der Waals surface area contributed by atoms with Crippen LogP contribution in [0.5, 0.6) is 0 Å². The van der Waals surface area contributed by atoms with Crippen molar-refractivity contribution in [2.24, 2.45) is 5.92 Å². The smallest absolute Gasteiger partial charge is 0.0588 e. The third-order valence-electron chi connectivity index (χ3n) is 9.47. The molecule has 5 aromatic carbocycles. The van der Waals surface area contributed by atoms with Crippen molar-refractivity contribution < 1.29 is 0 Å². The van der Waals surface area contributed by atoms with Gasteiger partial charge in [0.15, 0.2) is 0 Å². The number of aromatic amines is 3. The zero-order chi connectivity index (χ0) is 38.9. The molecular weight excluding hydrogens is 655 g/mol. The van der Waals surface area contributed by atoms with Gasteiger partial charge in [0.25, 0.3) is 0 Å². The fourth-order valence-electron chi connectivity index (χ4n) is 7.36. The summed E-state index contributed by atoms with van der Waals surface area (Å²) in [5.41, 5.74) is 13.9. The minimum atomic E-state index is 0.441. The van der Waals surface area contributed by atoms with Crippen molar-refractivity contribution in [2.75, 3.05) is 0 Å². The summed E-state index contributed by atoms with van der Waals surface area (Å²) in [7, 11) is 0. The molecule has 3 nitrogen and oxygen atoms in total. The molecule has 276 valence electrons. The van der Waals surface area contributed by atoms with Crippen molar-refractivity contribution in [1.82, 2.24) is 15.0 Å². The third kappa shape index (κ3) is 7.24. The van der Waals surface area contributed by atoms with E-state index in [0.717, 1.165) is 44.2 Å². The maximum Gasteiger partial charge on any atom is 0.0588 e. The lowest BCUT2D eigenvalue weighted by Crippen LogP contribution is -1.86. The van der Waals surface area contributed by atoms with Gasteiger partial charge < -0.3 is 15.0 Å². The van der Waals surface area contributed by atoms with Crippen LogP contribution in [0.4, 0.5) is 0 Å². The Morgan fingerprint density at radius 2 is 1.04 bits per heavy atom. The van der Waals surface area contributed by atoms with Crippen LogP contribution in [0.1, 0.15) is 80.4 Å². The summed E-state index contributed by atoms with van der Waals surface area (Å²) in [6.07, 6.45) is 14.9. The maximum atomic E-state index is 4.12. The Bertz CT molecular complexity index is 2660. The number of fused-ring (bicyclic) bond motifs is 12. The van der Waals surface area contributed by atoms with E-state index in [0.29, 0.717) is 5.92 Å². The molecule has 54 heavy (non-hydrogen) atoms. The van der Waals surface area contributed by atoms with Gasteiger partial charge in [0, 0.05) is 48.9 Å². The fraction of sp³-hybridized carbons (Fsp3) is 0.216. The Morgan fingerprint density at radius 1 is 0.556 bits per heavy atom. The van der Waals surface area contributed by atoms with Crippen LogP contribution in [0.3, 0.4) is 0 Å². The number of H-pyrrole nitrogens is 3. The Kier molecular flexibility index (Phi) is 13.0. The second-order valence-electron chi connectivity index (χ2n) is 13.0. The highest BCUT2D eigenvalue weighted by molar-refractivity contribution is 6.39. The van der Waals surface area contributed by atoms with Crippen LogP contribution in [0.2, 0.25) is 0 Å². The summed E-state index contributed by atoms with van der Waals surface area (Å²) >= 11 is 0. The van der Waals surface area contributed by atoms with Crippen LogP contribution < -0.4 is 0 Å². The van der Waals surface area contributed by atoms with Crippen LogP contribution in [0.15, 0.2) is 134 Å². The standard InChI is InChI=1S/C45H39N3.3C2H6/c1-6-9-14-28(8-3)31-17-20-37-34(24-31)40-43-41(35-25-32(18-21-38(35)47-43)29-15-11-10-12-16-29)45-42(44(40)46-37)36-26-33(19-22-39(36)48-45)30(13-7-2)23-27(4)5;3*1-2/h6-27,46-48H,3H2,1-2,4-5H3;3*1-2H3/b9-6-,13-7-,28-14+,30-23+;;;. The number of benzene rings is 5. The van der Waals surface area contributed by atoms with Gasteiger partial charge in [0.1, 0.15) is 0 Å². The van der Waals surface area contributed by atoms with Crippen LogP contribution in [0.25, 0.3) is 87.7 Å². The molecule has 0 radical (unpaired) electrons.